The average molecular weight is 270 g/mol. The van der Waals surface area contributed by atoms with E-state index in [9.17, 15) is 0 Å². The van der Waals surface area contributed by atoms with Crippen LogP contribution < -0.4 is 5.32 Å². The summed E-state index contributed by atoms with van der Waals surface area (Å²) in [5.41, 5.74) is 1.16. The van der Waals surface area contributed by atoms with Crippen LogP contribution in [0.15, 0.2) is 24.4 Å². The van der Waals surface area contributed by atoms with Gasteiger partial charge in [0.2, 0.25) is 0 Å². The number of thiophene rings is 1. The third kappa shape index (κ3) is 2.89. The van der Waals surface area contributed by atoms with Crippen LogP contribution in [-0.2, 0) is 7.05 Å². The fraction of sp³-hybridized carbons (Fsp3) is 0.417. The highest BCUT2D eigenvalue weighted by atomic mass is 35.5. The lowest BCUT2D eigenvalue weighted by atomic mass is 10.1. The van der Waals surface area contributed by atoms with E-state index in [0.29, 0.717) is 0 Å². The largest absolute Gasteiger partial charge is 0.304 e. The number of nitrogens with zero attached hydrogens (tertiary/aromatic N) is 2. The molecule has 0 aliphatic rings. The van der Waals surface area contributed by atoms with Crippen molar-refractivity contribution in [2.75, 3.05) is 6.54 Å². The zero-order chi connectivity index (χ0) is 12.3. The highest BCUT2D eigenvalue weighted by Gasteiger charge is 2.18. The van der Waals surface area contributed by atoms with Gasteiger partial charge in [-0.15, -0.1) is 11.3 Å². The van der Waals surface area contributed by atoms with E-state index in [-0.39, 0.29) is 6.04 Å². The number of hydrogen-bond acceptors (Lipinski definition) is 3. The minimum Gasteiger partial charge on any atom is -0.304 e. The van der Waals surface area contributed by atoms with Crippen LogP contribution in [0.3, 0.4) is 0 Å². The van der Waals surface area contributed by atoms with Gasteiger partial charge in [0, 0.05) is 18.1 Å². The van der Waals surface area contributed by atoms with Crippen molar-refractivity contribution in [2.24, 2.45) is 7.05 Å². The lowest BCUT2D eigenvalue weighted by Crippen LogP contribution is -2.24. The van der Waals surface area contributed by atoms with Crippen molar-refractivity contribution in [3.8, 4) is 0 Å². The van der Waals surface area contributed by atoms with Crippen LogP contribution in [-0.4, -0.2) is 16.3 Å². The summed E-state index contributed by atoms with van der Waals surface area (Å²) >= 11 is 7.62. The van der Waals surface area contributed by atoms with Gasteiger partial charge in [0.15, 0.2) is 0 Å². The van der Waals surface area contributed by atoms with Gasteiger partial charge >= 0.3 is 0 Å². The Morgan fingerprint density at radius 1 is 1.47 bits per heavy atom. The summed E-state index contributed by atoms with van der Waals surface area (Å²) in [6.07, 6.45) is 2.93. The molecule has 0 aliphatic carbocycles. The molecular formula is C12H16ClN3S. The molecule has 1 unspecified atom stereocenters. The molecule has 5 heteroatoms. The molecule has 2 aromatic heterocycles. The van der Waals surface area contributed by atoms with Crippen molar-refractivity contribution in [1.29, 1.82) is 0 Å². The lowest BCUT2D eigenvalue weighted by molar-refractivity contribution is 0.560. The van der Waals surface area contributed by atoms with E-state index in [0.717, 1.165) is 23.0 Å². The molecule has 2 aromatic rings. The summed E-state index contributed by atoms with van der Waals surface area (Å²) < 4.78 is 2.73. The summed E-state index contributed by atoms with van der Waals surface area (Å²) in [4.78, 5) is 1.23. The summed E-state index contributed by atoms with van der Waals surface area (Å²) in [6.45, 7) is 3.14. The van der Waals surface area contributed by atoms with Crippen molar-refractivity contribution in [2.45, 2.75) is 19.4 Å². The third-order valence-corrected chi connectivity index (χ3v) is 3.93. The fourth-order valence-corrected chi connectivity index (χ4v) is 2.94. The van der Waals surface area contributed by atoms with E-state index in [4.69, 9.17) is 11.6 Å². The van der Waals surface area contributed by atoms with Gasteiger partial charge < -0.3 is 5.32 Å². The molecule has 0 bridgehead atoms. The maximum atomic E-state index is 6.01. The SMILES string of the molecule is CCCNC(c1ccc(Cl)s1)c1ccnn1C. The number of aryl methyl sites for hydroxylation is 1. The quantitative estimate of drug-likeness (QED) is 0.903. The second-order valence-corrected chi connectivity index (χ2v) is 5.66. The monoisotopic (exact) mass is 269 g/mol. The molecule has 0 saturated carbocycles. The van der Waals surface area contributed by atoms with Gasteiger partial charge in [0.25, 0.3) is 0 Å². The van der Waals surface area contributed by atoms with Gasteiger partial charge in [0.05, 0.1) is 16.1 Å². The normalized spacial score (nSPS) is 12.9. The average Bonchev–Trinajstić information content (AvgIpc) is 2.90. The highest BCUT2D eigenvalue weighted by molar-refractivity contribution is 7.16. The maximum Gasteiger partial charge on any atom is 0.0931 e. The van der Waals surface area contributed by atoms with Crippen LogP contribution in [0, 0.1) is 0 Å². The number of aromatic nitrogens is 2. The van der Waals surface area contributed by atoms with E-state index in [1.165, 1.54) is 4.88 Å². The molecular weight excluding hydrogens is 254 g/mol. The molecule has 0 radical (unpaired) electrons. The van der Waals surface area contributed by atoms with Gasteiger partial charge in [0.1, 0.15) is 0 Å². The molecule has 2 heterocycles. The molecule has 0 spiro atoms. The van der Waals surface area contributed by atoms with Crippen molar-refractivity contribution in [1.82, 2.24) is 15.1 Å². The maximum absolute atomic E-state index is 6.01. The first-order valence-electron chi connectivity index (χ1n) is 5.69. The first-order valence-corrected chi connectivity index (χ1v) is 6.88. The van der Waals surface area contributed by atoms with E-state index in [1.54, 1.807) is 11.3 Å². The first-order chi connectivity index (χ1) is 8.22. The van der Waals surface area contributed by atoms with Gasteiger partial charge in [-0.2, -0.15) is 5.10 Å². The molecule has 92 valence electrons. The molecule has 1 atom stereocenters. The Bertz CT molecular complexity index is 478. The first kappa shape index (κ1) is 12.6. The van der Waals surface area contributed by atoms with Gasteiger partial charge in [-0.3, -0.25) is 4.68 Å². The lowest BCUT2D eigenvalue weighted by Gasteiger charge is -2.17. The molecule has 0 amide bonds. The van der Waals surface area contributed by atoms with E-state index in [1.807, 2.05) is 30.1 Å². The van der Waals surface area contributed by atoms with Crippen molar-refractivity contribution in [3.05, 3.63) is 39.3 Å². The predicted molar refractivity (Wildman–Crippen MR) is 72.7 cm³/mol. The number of halogens is 1. The Hall–Kier alpha value is -0.840. The molecule has 2 rings (SSSR count). The summed E-state index contributed by atoms with van der Waals surface area (Å²) in [5, 5.41) is 7.76. The minimum absolute atomic E-state index is 0.181. The molecule has 1 N–H and O–H groups in total. The summed E-state index contributed by atoms with van der Waals surface area (Å²) in [5.74, 6) is 0. The van der Waals surface area contributed by atoms with Gasteiger partial charge in [-0.25, -0.2) is 0 Å². The molecule has 0 fully saturated rings. The van der Waals surface area contributed by atoms with Gasteiger partial charge in [-0.05, 0) is 31.2 Å². The zero-order valence-electron chi connectivity index (χ0n) is 9.98. The summed E-state index contributed by atoms with van der Waals surface area (Å²) in [7, 11) is 1.96. The van der Waals surface area contributed by atoms with E-state index < -0.39 is 0 Å². The predicted octanol–water partition coefficient (Wildman–Crippen LogP) is 3.22. The van der Waals surface area contributed by atoms with Crippen LogP contribution in [0.4, 0.5) is 0 Å². The summed E-state index contributed by atoms with van der Waals surface area (Å²) in [6, 6.07) is 6.24. The second kappa shape index (κ2) is 5.67. The molecule has 0 saturated heterocycles. The molecule has 0 aromatic carbocycles. The second-order valence-electron chi connectivity index (χ2n) is 3.91. The molecule has 3 nitrogen and oxygen atoms in total. The number of hydrogen-bond donors (Lipinski definition) is 1. The zero-order valence-corrected chi connectivity index (χ0v) is 11.6. The van der Waals surface area contributed by atoms with Crippen LogP contribution in [0.2, 0.25) is 4.34 Å². The molecule has 0 aliphatic heterocycles. The van der Waals surface area contributed by atoms with Crippen LogP contribution in [0.5, 0.6) is 0 Å². The van der Waals surface area contributed by atoms with E-state index >= 15 is 0 Å². The van der Waals surface area contributed by atoms with Gasteiger partial charge in [-0.1, -0.05) is 18.5 Å². The number of rotatable bonds is 5. The highest BCUT2D eigenvalue weighted by Crippen LogP contribution is 2.30. The Labute approximate surface area is 110 Å². The standard InChI is InChI=1S/C12H16ClN3S/c1-3-7-14-12(9-6-8-15-16(9)2)10-4-5-11(13)17-10/h4-6,8,12,14H,3,7H2,1-2H3. The van der Waals surface area contributed by atoms with Crippen molar-refractivity contribution < 1.29 is 0 Å². The molecule has 17 heavy (non-hydrogen) atoms. The van der Waals surface area contributed by atoms with Crippen LogP contribution in [0.1, 0.15) is 30.0 Å². The Kier molecular flexibility index (Phi) is 4.20. The Morgan fingerprint density at radius 3 is 2.82 bits per heavy atom. The fourth-order valence-electron chi connectivity index (χ4n) is 1.79. The van der Waals surface area contributed by atoms with Crippen LogP contribution >= 0.6 is 22.9 Å². The topological polar surface area (TPSA) is 29.9 Å². The Balaban J connectivity index is 2.28. The number of nitrogens with one attached hydrogen (secondary N) is 1. The van der Waals surface area contributed by atoms with E-state index in [2.05, 4.69) is 23.4 Å². The van der Waals surface area contributed by atoms with Crippen molar-refractivity contribution >= 4 is 22.9 Å². The smallest absolute Gasteiger partial charge is 0.0931 e. The minimum atomic E-state index is 0.181. The van der Waals surface area contributed by atoms with Crippen molar-refractivity contribution in [3.63, 3.8) is 0 Å². The third-order valence-electron chi connectivity index (χ3n) is 2.63. The Morgan fingerprint density at radius 2 is 2.29 bits per heavy atom. The van der Waals surface area contributed by atoms with Crippen LogP contribution in [0.25, 0.3) is 0 Å².